The Labute approximate surface area is 95.6 Å². The highest BCUT2D eigenvalue weighted by molar-refractivity contribution is 5.79. The lowest BCUT2D eigenvalue weighted by molar-refractivity contribution is 0.734. The van der Waals surface area contributed by atoms with E-state index in [1.165, 1.54) is 5.56 Å². The predicted molar refractivity (Wildman–Crippen MR) is 65.2 cm³/mol. The Bertz CT molecular complexity index is 552. The zero-order valence-electron chi connectivity index (χ0n) is 9.57. The van der Waals surface area contributed by atoms with Gasteiger partial charge in [0, 0.05) is 5.39 Å². The summed E-state index contributed by atoms with van der Waals surface area (Å²) in [4.78, 5) is 4.26. The monoisotopic (exact) mass is 210 g/mol. The summed E-state index contributed by atoms with van der Waals surface area (Å²) in [5.74, 6) is 0.569. The molecular formula is C14H14N2. The molecule has 2 heteroatoms. The van der Waals surface area contributed by atoms with Gasteiger partial charge in [-0.1, -0.05) is 19.9 Å². The van der Waals surface area contributed by atoms with E-state index < -0.39 is 0 Å². The highest BCUT2D eigenvalue weighted by Gasteiger charge is 2.04. The van der Waals surface area contributed by atoms with Gasteiger partial charge in [-0.05, 0) is 42.2 Å². The molecule has 2 aromatic rings. The highest BCUT2D eigenvalue weighted by atomic mass is 14.7. The van der Waals surface area contributed by atoms with Gasteiger partial charge >= 0.3 is 0 Å². The van der Waals surface area contributed by atoms with Crippen LogP contribution in [0.2, 0.25) is 0 Å². The first-order valence-electron chi connectivity index (χ1n) is 5.55. The van der Waals surface area contributed by atoms with Gasteiger partial charge in [-0.15, -0.1) is 0 Å². The first-order chi connectivity index (χ1) is 7.74. The molecule has 0 aliphatic carbocycles. The van der Waals surface area contributed by atoms with E-state index in [2.05, 4.69) is 37.0 Å². The van der Waals surface area contributed by atoms with Crippen molar-refractivity contribution in [3.63, 3.8) is 0 Å². The van der Waals surface area contributed by atoms with Crippen LogP contribution in [-0.2, 0) is 0 Å². The van der Waals surface area contributed by atoms with Crippen LogP contribution in [0.25, 0.3) is 10.9 Å². The van der Waals surface area contributed by atoms with Crippen LogP contribution >= 0.6 is 0 Å². The Morgan fingerprint density at radius 1 is 1.31 bits per heavy atom. The molecule has 0 bridgehead atoms. The molecule has 0 spiro atoms. The van der Waals surface area contributed by atoms with Gasteiger partial charge in [0.25, 0.3) is 0 Å². The minimum absolute atomic E-state index is 0.476. The van der Waals surface area contributed by atoms with Gasteiger partial charge in [0.1, 0.15) is 11.8 Å². The minimum atomic E-state index is 0.476. The maximum absolute atomic E-state index is 8.77. The van der Waals surface area contributed by atoms with Crippen LogP contribution < -0.4 is 0 Å². The summed E-state index contributed by atoms with van der Waals surface area (Å²) in [5, 5.41) is 9.87. The molecule has 0 N–H and O–H groups in total. The van der Waals surface area contributed by atoms with E-state index in [0.29, 0.717) is 11.6 Å². The fourth-order valence-electron chi connectivity index (χ4n) is 1.75. The summed E-state index contributed by atoms with van der Waals surface area (Å²) < 4.78 is 0. The molecule has 0 aliphatic heterocycles. The number of aromatic nitrogens is 1. The van der Waals surface area contributed by atoms with Crippen LogP contribution in [0.1, 0.15) is 37.4 Å². The van der Waals surface area contributed by atoms with E-state index in [0.717, 1.165) is 17.3 Å². The second-order valence-electron chi connectivity index (χ2n) is 4.07. The second kappa shape index (κ2) is 4.32. The minimum Gasteiger partial charge on any atom is -0.237 e. The molecule has 0 amide bonds. The SMILES string of the molecule is CCC(C)c1ccc2nc(C#N)ccc2c1. The molecule has 1 heterocycles. The van der Waals surface area contributed by atoms with Gasteiger partial charge in [-0.3, -0.25) is 0 Å². The molecule has 2 rings (SSSR count). The molecule has 0 radical (unpaired) electrons. The van der Waals surface area contributed by atoms with Gasteiger partial charge in [0.15, 0.2) is 0 Å². The van der Waals surface area contributed by atoms with Crippen molar-refractivity contribution >= 4 is 10.9 Å². The quantitative estimate of drug-likeness (QED) is 0.759. The number of nitrogens with zero attached hydrogens (tertiary/aromatic N) is 2. The molecule has 0 aliphatic rings. The molecule has 80 valence electrons. The number of pyridine rings is 1. The van der Waals surface area contributed by atoms with Crippen molar-refractivity contribution in [2.45, 2.75) is 26.2 Å². The molecule has 16 heavy (non-hydrogen) atoms. The fourth-order valence-corrected chi connectivity index (χ4v) is 1.75. The molecule has 0 saturated carbocycles. The number of benzene rings is 1. The maximum Gasteiger partial charge on any atom is 0.141 e. The number of nitriles is 1. The van der Waals surface area contributed by atoms with Crippen LogP contribution in [0.15, 0.2) is 30.3 Å². The van der Waals surface area contributed by atoms with Crippen molar-refractivity contribution in [3.05, 3.63) is 41.6 Å². The van der Waals surface area contributed by atoms with Crippen LogP contribution in [-0.4, -0.2) is 4.98 Å². The van der Waals surface area contributed by atoms with E-state index in [4.69, 9.17) is 5.26 Å². The molecule has 0 saturated heterocycles. The predicted octanol–water partition coefficient (Wildman–Crippen LogP) is 3.62. The van der Waals surface area contributed by atoms with Gasteiger partial charge in [0.05, 0.1) is 5.52 Å². The van der Waals surface area contributed by atoms with E-state index in [1.54, 1.807) is 6.07 Å². The van der Waals surface area contributed by atoms with Crippen molar-refractivity contribution in [3.8, 4) is 6.07 Å². The molecule has 1 atom stereocenters. The lowest BCUT2D eigenvalue weighted by Gasteiger charge is -2.09. The number of fused-ring (bicyclic) bond motifs is 1. The molecular weight excluding hydrogens is 196 g/mol. The number of hydrogen-bond acceptors (Lipinski definition) is 2. The molecule has 1 aromatic heterocycles. The van der Waals surface area contributed by atoms with Crippen LogP contribution in [0.5, 0.6) is 0 Å². The summed E-state index contributed by atoms with van der Waals surface area (Å²) in [6.45, 7) is 4.41. The Balaban J connectivity index is 2.52. The van der Waals surface area contributed by atoms with Gasteiger partial charge in [-0.25, -0.2) is 4.98 Å². The maximum atomic E-state index is 8.77. The van der Waals surface area contributed by atoms with E-state index in [1.807, 2.05) is 12.1 Å². The first kappa shape index (κ1) is 10.6. The summed E-state index contributed by atoms with van der Waals surface area (Å²) in [7, 11) is 0. The lowest BCUT2D eigenvalue weighted by atomic mass is 9.97. The summed E-state index contributed by atoms with van der Waals surface area (Å²) in [6.07, 6.45) is 1.13. The Morgan fingerprint density at radius 2 is 2.12 bits per heavy atom. The highest BCUT2D eigenvalue weighted by Crippen LogP contribution is 2.22. The molecule has 2 nitrogen and oxygen atoms in total. The van der Waals surface area contributed by atoms with Crippen molar-refractivity contribution in [1.29, 1.82) is 5.26 Å². The van der Waals surface area contributed by atoms with Crippen molar-refractivity contribution in [1.82, 2.24) is 4.98 Å². The van der Waals surface area contributed by atoms with Crippen molar-refractivity contribution in [2.75, 3.05) is 0 Å². The first-order valence-corrected chi connectivity index (χ1v) is 5.55. The standard InChI is InChI=1S/C14H14N2/c1-3-10(2)11-5-7-14-12(8-11)4-6-13(9-15)16-14/h4-8,10H,3H2,1-2H3. The van der Waals surface area contributed by atoms with Gasteiger partial charge in [0.2, 0.25) is 0 Å². The third kappa shape index (κ3) is 1.90. The van der Waals surface area contributed by atoms with E-state index >= 15 is 0 Å². The van der Waals surface area contributed by atoms with Crippen LogP contribution in [0.3, 0.4) is 0 Å². The molecule has 0 fully saturated rings. The topological polar surface area (TPSA) is 36.7 Å². The smallest absolute Gasteiger partial charge is 0.141 e. The van der Waals surface area contributed by atoms with Crippen molar-refractivity contribution < 1.29 is 0 Å². The van der Waals surface area contributed by atoms with E-state index in [9.17, 15) is 0 Å². The zero-order valence-corrected chi connectivity index (χ0v) is 9.57. The average molecular weight is 210 g/mol. The lowest BCUT2D eigenvalue weighted by Crippen LogP contribution is -1.92. The second-order valence-corrected chi connectivity index (χ2v) is 4.07. The summed E-state index contributed by atoms with van der Waals surface area (Å²) in [6, 6.07) is 12.1. The Kier molecular flexibility index (Phi) is 2.87. The normalized spacial score (nSPS) is 12.3. The largest absolute Gasteiger partial charge is 0.237 e. The van der Waals surface area contributed by atoms with Crippen LogP contribution in [0.4, 0.5) is 0 Å². The fraction of sp³-hybridized carbons (Fsp3) is 0.286. The Morgan fingerprint density at radius 3 is 2.81 bits per heavy atom. The van der Waals surface area contributed by atoms with Crippen LogP contribution in [0, 0.1) is 11.3 Å². The Hall–Kier alpha value is -1.88. The van der Waals surface area contributed by atoms with Crippen molar-refractivity contribution in [2.24, 2.45) is 0 Å². The molecule has 1 aromatic carbocycles. The van der Waals surface area contributed by atoms with Gasteiger partial charge in [-0.2, -0.15) is 5.26 Å². The van der Waals surface area contributed by atoms with Gasteiger partial charge < -0.3 is 0 Å². The van der Waals surface area contributed by atoms with E-state index in [-0.39, 0.29) is 0 Å². The third-order valence-corrected chi connectivity index (χ3v) is 3.01. The average Bonchev–Trinajstić information content (AvgIpc) is 2.36. The third-order valence-electron chi connectivity index (χ3n) is 3.01. The summed E-state index contributed by atoms with van der Waals surface area (Å²) in [5.41, 5.74) is 2.71. The summed E-state index contributed by atoms with van der Waals surface area (Å²) >= 11 is 0. The number of rotatable bonds is 2. The molecule has 1 unspecified atom stereocenters. The number of hydrogen-bond donors (Lipinski definition) is 0. The zero-order chi connectivity index (χ0) is 11.5.